The number of hydrogen-bond acceptors (Lipinski definition) is 8. The van der Waals surface area contributed by atoms with Gasteiger partial charge in [0.05, 0.1) is 29.9 Å². The van der Waals surface area contributed by atoms with Crippen LogP contribution in [0.4, 0.5) is 10.1 Å². The SMILES string of the molecule is CN(C)S(=O)(=O)c1ccc(NC2NN([C@@]3(CC#N)COCC[C@H]3F)C3CCNC(=O)C23)cc1. The lowest BCUT2D eigenvalue weighted by Crippen LogP contribution is -2.66. The van der Waals surface area contributed by atoms with E-state index in [0.717, 1.165) is 4.31 Å². The summed E-state index contributed by atoms with van der Waals surface area (Å²) in [4.78, 5) is 13.0. The van der Waals surface area contributed by atoms with Gasteiger partial charge in [0, 0.05) is 45.4 Å². The lowest BCUT2D eigenvalue weighted by Gasteiger charge is -2.47. The number of ether oxygens (including phenoxy) is 1. The summed E-state index contributed by atoms with van der Waals surface area (Å²) in [5.74, 6) is -0.696. The van der Waals surface area contributed by atoms with Crippen LogP contribution in [0.5, 0.6) is 0 Å². The molecule has 4 rings (SSSR count). The molecule has 3 heterocycles. The molecule has 1 aromatic carbocycles. The molecule has 5 atom stereocenters. The van der Waals surface area contributed by atoms with E-state index in [9.17, 15) is 18.5 Å². The molecule has 0 aliphatic carbocycles. The molecule has 0 saturated carbocycles. The fraction of sp³-hybridized carbons (Fsp3) is 0.619. The van der Waals surface area contributed by atoms with E-state index in [2.05, 4.69) is 22.1 Å². The van der Waals surface area contributed by atoms with Crippen LogP contribution in [0.2, 0.25) is 0 Å². The lowest BCUT2D eigenvalue weighted by molar-refractivity contribution is -0.136. The molecular formula is C21H29FN6O4S. The molecule has 10 nitrogen and oxygen atoms in total. The van der Waals surface area contributed by atoms with Gasteiger partial charge in [-0.15, -0.1) is 0 Å². The van der Waals surface area contributed by atoms with Gasteiger partial charge >= 0.3 is 0 Å². The molecule has 3 N–H and O–H groups in total. The Hall–Kier alpha value is -2.30. The number of anilines is 1. The number of hydrazine groups is 1. The maximum absolute atomic E-state index is 15.3. The van der Waals surface area contributed by atoms with E-state index in [4.69, 9.17) is 4.74 Å². The van der Waals surface area contributed by atoms with Crippen LogP contribution >= 0.6 is 0 Å². The fourth-order valence-corrected chi connectivity index (χ4v) is 5.80. The maximum atomic E-state index is 15.3. The number of nitrogens with zero attached hydrogens (tertiary/aromatic N) is 3. The first-order valence-corrected chi connectivity index (χ1v) is 12.4. The topological polar surface area (TPSA) is 127 Å². The monoisotopic (exact) mass is 480 g/mol. The van der Waals surface area contributed by atoms with E-state index in [-0.39, 0.29) is 36.3 Å². The van der Waals surface area contributed by atoms with Crippen molar-refractivity contribution in [1.82, 2.24) is 20.1 Å². The molecule has 1 amide bonds. The largest absolute Gasteiger partial charge is 0.379 e. The average molecular weight is 481 g/mol. The number of carbonyl (C=O) groups is 1. The Labute approximate surface area is 193 Å². The van der Waals surface area contributed by atoms with Gasteiger partial charge in [0.25, 0.3) is 0 Å². The molecule has 0 aromatic heterocycles. The third-order valence-corrected chi connectivity index (χ3v) is 8.53. The highest BCUT2D eigenvalue weighted by atomic mass is 32.2. The number of fused-ring (bicyclic) bond motifs is 1. The molecule has 12 heteroatoms. The van der Waals surface area contributed by atoms with E-state index in [0.29, 0.717) is 25.3 Å². The summed E-state index contributed by atoms with van der Waals surface area (Å²) in [6.07, 6.45) is -1.14. The fourth-order valence-electron chi connectivity index (χ4n) is 4.90. The summed E-state index contributed by atoms with van der Waals surface area (Å²) in [6, 6.07) is 8.02. The quantitative estimate of drug-likeness (QED) is 0.535. The molecule has 1 aromatic rings. The number of piperidine rings is 1. The van der Waals surface area contributed by atoms with E-state index >= 15 is 4.39 Å². The third-order valence-electron chi connectivity index (χ3n) is 6.70. The van der Waals surface area contributed by atoms with Crippen LogP contribution in [-0.2, 0) is 19.6 Å². The predicted octanol–water partition coefficient (Wildman–Crippen LogP) is 0.411. The average Bonchev–Trinajstić information content (AvgIpc) is 3.16. The van der Waals surface area contributed by atoms with Crippen LogP contribution in [0.25, 0.3) is 0 Å². The number of nitrogens with one attached hydrogen (secondary N) is 3. The minimum Gasteiger partial charge on any atom is -0.379 e. The molecule has 3 unspecified atom stereocenters. The standard InChI is InChI=1S/C21H29FN6O4S/c1-27(2)33(30,31)15-5-3-14(4-6-15)25-19-18-16(7-11-24-20(18)29)28(26-19)21(9-10-23)13-32-12-8-17(21)22/h3-6,16-19,25-26H,7-9,11-13H2,1-2H3,(H,24,29)/t16?,17-,18?,19?,21+/m1/s1. The van der Waals surface area contributed by atoms with Crippen molar-refractivity contribution in [2.75, 3.05) is 39.2 Å². The van der Waals surface area contributed by atoms with Crippen molar-refractivity contribution in [1.29, 1.82) is 5.26 Å². The van der Waals surface area contributed by atoms with Crippen molar-refractivity contribution in [3.05, 3.63) is 24.3 Å². The van der Waals surface area contributed by atoms with E-state index in [1.54, 1.807) is 17.1 Å². The molecule has 0 bridgehead atoms. The highest BCUT2D eigenvalue weighted by molar-refractivity contribution is 7.89. The maximum Gasteiger partial charge on any atom is 0.242 e. The van der Waals surface area contributed by atoms with E-state index in [1.165, 1.54) is 26.2 Å². The van der Waals surface area contributed by atoms with Gasteiger partial charge in [-0.2, -0.15) is 5.26 Å². The van der Waals surface area contributed by atoms with Gasteiger partial charge in [-0.3, -0.25) is 4.79 Å². The molecule has 33 heavy (non-hydrogen) atoms. The Morgan fingerprint density at radius 1 is 1.33 bits per heavy atom. The van der Waals surface area contributed by atoms with Gasteiger partial charge in [0.2, 0.25) is 15.9 Å². The zero-order valence-corrected chi connectivity index (χ0v) is 19.4. The summed E-state index contributed by atoms with van der Waals surface area (Å²) >= 11 is 0. The molecule has 3 aliphatic heterocycles. The molecular weight excluding hydrogens is 451 g/mol. The predicted molar refractivity (Wildman–Crippen MR) is 118 cm³/mol. The second kappa shape index (κ2) is 9.15. The van der Waals surface area contributed by atoms with Crippen LogP contribution in [0.3, 0.4) is 0 Å². The second-order valence-electron chi connectivity index (χ2n) is 8.85. The van der Waals surface area contributed by atoms with E-state index in [1.807, 2.05) is 0 Å². The molecule has 3 aliphatic rings. The number of rotatable bonds is 6. The number of amides is 1. The second-order valence-corrected chi connectivity index (χ2v) is 11.0. The highest BCUT2D eigenvalue weighted by Gasteiger charge is 2.58. The highest BCUT2D eigenvalue weighted by Crippen LogP contribution is 2.40. The Balaban J connectivity index is 1.61. The van der Waals surface area contributed by atoms with E-state index < -0.39 is 33.8 Å². The molecule has 0 spiro atoms. The minimum absolute atomic E-state index is 0.0589. The third kappa shape index (κ3) is 4.20. The van der Waals surface area contributed by atoms with Crippen LogP contribution in [0.1, 0.15) is 19.3 Å². The van der Waals surface area contributed by atoms with Gasteiger partial charge in [0.1, 0.15) is 17.9 Å². The first-order chi connectivity index (χ1) is 15.7. The number of nitriles is 1. The minimum atomic E-state index is -3.56. The summed E-state index contributed by atoms with van der Waals surface area (Å²) < 4.78 is 46.7. The molecule has 0 radical (unpaired) electrons. The summed E-state index contributed by atoms with van der Waals surface area (Å²) in [5.41, 5.74) is 2.68. The summed E-state index contributed by atoms with van der Waals surface area (Å²) in [5, 5.41) is 17.3. The lowest BCUT2D eigenvalue weighted by atomic mass is 9.83. The number of sulfonamides is 1. The summed E-state index contributed by atoms with van der Waals surface area (Å²) in [6.45, 7) is 0.812. The normalized spacial score (nSPS) is 32.8. The van der Waals surface area contributed by atoms with Crippen LogP contribution in [0, 0.1) is 17.2 Å². The van der Waals surface area contributed by atoms with Crippen molar-refractivity contribution >= 4 is 21.6 Å². The molecule has 3 saturated heterocycles. The zero-order chi connectivity index (χ0) is 23.8. The van der Waals surface area contributed by atoms with Gasteiger partial charge in [-0.1, -0.05) is 0 Å². The molecule has 180 valence electrons. The first-order valence-electron chi connectivity index (χ1n) is 10.9. The Kier molecular flexibility index (Phi) is 6.61. The Bertz CT molecular complexity index is 1030. The smallest absolute Gasteiger partial charge is 0.242 e. The van der Waals surface area contributed by atoms with Gasteiger partial charge < -0.3 is 15.4 Å². The molecule has 3 fully saturated rings. The zero-order valence-electron chi connectivity index (χ0n) is 18.6. The van der Waals surface area contributed by atoms with Gasteiger partial charge in [0.15, 0.2) is 0 Å². The number of carbonyl (C=O) groups excluding carboxylic acids is 1. The van der Waals surface area contributed by atoms with Gasteiger partial charge in [-0.25, -0.2) is 27.5 Å². The van der Waals surface area contributed by atoms with Crippen LogP contribution < -0.4 is 16.1 Å². The van der Waals surface area contributed by atoms with Crippen LogP contribution in [0.15, 0.2) is 29.2 Å². The number of hydrogen-bond donors (Lipinski definition) is 3. The van der Waals surface area contributed by atoms with Crippen molar-refractivity contribution in [2.45, 2.75) is 48.1 Å². The van der Waals surface area contributed by atoms with Gasteiger partial charge in [-0.05, 0) is 30.7 Å². The van der Waals surface area contributed by atoms with Crippen molar-refractivity contribution in [3.8, 4) is 6.07 Å². The Morgan fingerprint density at radius 3 is 2.70 bits per heavy atom. The number of alkyl halides is 1. The number of benzene rings is 1. The summed E-state index contributed by atoms with van der Waals surface area (Å²) in [7, 11) is -0.636. The van der Waals surface area contributed by atoms with Crippen molar-refractivity contribution in [3.63, 3.8) is 0 Å². The Morgan fingerprint density at radius 2 is 2.06 bits per heavy atom. The van der Waals surface area contributed by atoms with Crippen molar-refractivity contribution < 1.29 is 22.3 Å². The first kappa shape index (κ1) is 23.8. The van der Waals surface area contributed by atoms with Crippen LogP contribution in [-0.4, -0.2) is 81.4 Å². The number of halogens is 1. The van der Waals surface area contributed by atoms with Crippen molar-refractivity contribution in [2.24, 2.45) is 5.92 Å².